The number of aryl methyl sites for hydroxylation is 2. The predicted octanol–water partition coefficient (Wildman–Crippen LogP) is 9.07. The van der Waals surface area contributed by atoms with Crippen molar-refractivity contribution in [2.45, 2.75) is 64.7 Å². The molecule has 0 unspecified atom stereocenters. The monoisotopic (exact) mass is 428 g/mol. The summed E-state index contributed by atoms with van der Waals surface area (Å²) >= 11 is 0. The molecule has 168 valence electrons. The molecule has 0 aliphatic heterocycles. The molecular weight excluding hydrogens is 391 g/mol. The lowest BCUT2D eigenvalue weighted by Gasteiger charge is -2.28. The molecule has 1 aliphatic rings. The van der Waals surface area contributed by atoms with Crippen molar-refractivity contribution in [1.29, 1.82) is 0 Å². The van der Waals surface area contributed by atoms with Gasteiger partial charge in [0, 0.05) is 6.42 Å². The van der Waals surface area contributed by atoms with Crippen LogP contribution in [0.3, 0.4) is 0 Å². The molecular formula is C31H37F. The van der Waals surface area contributed by atoms with E-state index in [0.29, 0.717) is 6.42 Å². The Morgan fingerprint density at radius 1 is 0.562 bits per heavy atom. The van der Waals surface area contributed by atoms with Crippen molar-refractivity contribution in [1.82, 2.24) is 0 Å². The first-order valence-electron chi connectivity index (χ1n) is 12.6. The molecule has 1 fully saturated rings. The van der Waals surface area contributed by atoms with Gasteiger partial charge in [0.2, 0.25) is 0 Å². The Balaban J connectivity index is 1.31. The van der Waals surface area contributed by atoms with Gasteiger partial charge in [-0.25, -0.2) is 0 Å². The van der Waals surface area contributed by atoms with Gasteiger partial charge in [0.05, 0.1) is 6.67 Å². The highest BCUT2D eigenvalue weighted by Gasteiger charge is 2.20. The normalized spacial score (nSPS) is 18.6. The fourth-order valence-electron chi connectivity index (χ4n) is 5.28. The van der Waals surface area contributed by atoms with E-state index in [9.17, 15) is 4.39 Å². The summed E-state index contributed by atoms with van der Waals surface area (Å²) in [5, 5.41) is 0. The fourth-order valence-corrected chi connectivity index (χ4v) is 5.28. The fraction of sp³-hybridized carbons (Fsp3) is 0.419. The number of halogens is 1. The van der Waals surface area contributed by atoms with E-state index in [2.05, 4.69) is 67.6 Å². The van der Waals surface area contributed by atoms with Crippen molar-refractivity contribution in [2.24, 2.45) is 11.8 Å². The molecule has 0 aromatic heterocycles. The number of rotatable bonds is 9. The first kappa shape index (κ1) is 22.8. The summed E-state index contributed by atoms with van der Waals surface area (Å²) < 4.78 is 12.5. The molecule has 3 aromatic carbocycles. The molecule has 1 aliphatic carbocycles. The van der Waals surface area contributed by atoms with Gasteiger partial charge in [-0.2, -0.15) is 0 Å². The quantitative estimate of drug-likeness (QED) is 0.319. The Morgan fingerprint density at radius 2 is 0.938 bits per heavy atom. The summed E-state index contributed by atoms with van der Waals surface area (Å²) in [6, 6.07) is 26.2. The second-order valence-corrected chi connectivity index (χ2v) is 9.62. The van der Waals surface area contributed by atoms with Crippen LogP contribution in [0.2, 0.25) is 0 Å². The van der Waals surface area contributed by atoms with Gasteiger partial charge in [0.15, 0.2) is 0 Å². The van der Waals surface area contributed by atoms with Crippen molar-refractivity contribution in [3.63, 3.8) is 0 Å². The standard InChI is InChI=1S/C31H37F/c1-2-3-24-4-6-25(7-5-24)8-9-26-10-14-28(15-11-26)30-18-20-31(21-19-30)29-16-12-27(13-17-29)22-23-32/h10-21,24-25H,2-9,22-23H2,1H3/t24-,25-. The van der Waals surface area contributed by atoms with Gasteiger partial charge in [-0.15, -0.1) is 0 Å². The van der Waals surface area contributed by atoms with Gasteiger partial charge in [0.25, 0.3) is 0 Å². The van der Waals surface area contributed by atoms with Crippen LogP contribution < -0.4 is 0 Å². The van der Waals surface area contributed by atoms with Crippen LogP contribution in [0.25, 0.3) is 22.3 Å². The van der Waals surface area contributed by atoms with Gasteiger partial charge in [0.1, 0.15) is 0 Å². The van der Waals surface area contributed by atoms with Gasteiger partial charge >= 0.3 is 0 Å². The van der Waals surface area contributed by atoms with E-state index in [1.165, 1.54) is 79.2 Å². The van der Waals surface area contributed by atoms with Crippen molar-refractivity contribution < 1.29 is 4.39 Å². The van der Waals surface area contributed by atoms with E-state index in [1.54, 1.807) is 0 Å². The molecule has 0 atom stereocenters. The van der Waals surface area contributed by atoms with Gasteiger partial charge in [-0.3, -0.25) is 4.39 Å². The highest BCUT2D eigenvalue weighted by atomic mass is 19.1. The molecule has 0 N–H and O–H groups in total. The van der Waals surface area contributed by atoms with Crippen LogP contribution in [0.4, 0.5) is 4.39 Å². The molecule has 0 spiro atoms. The first-order chi connectivity index (χ1) is 15.7. The highest BCUT2D eigenvalue weighted by molar-refractivity contribution is 5.70. The van der Waals surface area contributed by atoms with Crippen LogP contribution in [-0.4, -0.2) is 6.67 Å². The summed E-state index contributed by atoms with van der Waals surface area (Å²) in [5.41, 5.74) is 7.43. The number of hydrogen-bond acceptors (Lipinski definition) is 0. The number of alkyl halides is 1. The minimum atomic E-state index is -0.299. The molecule has 0 nitrogen and oxygen atoms in total. The maximum atomic E-state index is 12.5. The molecule has 3 aromatic rings. The Bertz CT molecular complexity index is 929. The number of benzene rings is 3. The summed E-state index contributed by atoms with van der Waals surface area (Å²) in [4.78, 5) is 0. The zero-order valence-electron chi connectivity index (χ0n) is 19.5. The lowest BCUT2D eigenvalue weighted by molar-refractivity contribution is 0.252. The molecule has 0 amide bonds. The Kier molecular flexibility index (Phi) is 8.15. The van der Waals surface area contributed by atoms with Crippen LogP contribution in [0.5, 0.6) is 0 Å². The summed E-state index contributed by atoms with van der Waals surface area (Å²) in [6.07, 6.45) is 11.6. The average molecular weight is 429 g/mol. The van der Waals surface area contributed by atoms with Crippen LogP contribution in [0.15, 0.2) is 72.8 Å². The van der Waals surface area contributed by atoms with E-state index in [0.717, 1.165) is 17.4 Å². The summed E-state index contributed by atoms with van der Waals surface area (Å²) in [7, 11) is 0. The molecule has 1 heteroatoms. The second-order valence-electron chi connectivity index (χ2n) is 9.62. The van der Waals surface area contributed by atoms with Crippen molar-refractivity contribution in [3.8, 4) is 22.3 Å². The lowest BCUT2D eigenvalue weighted by Crippen LogP contribution is -2.15. The van der Waals surface area contributed by atoms with Gasteiger partial charge in [-0.1, -0.05) is 118 Å². The lowest BCUT2D eigenvalue weighted by atomic mass is 9.78. The maximum absolute atomic E-state index is 12.5. The Labute approximate surface area is 193 Å². The van der Waals surface area contributed by atoms with Crippen molar-refractivity contribution in [2.75, 3.05) is 6.67 Å². The van der Waals surface area contributed by atoms with Crippen molar-refractivity contribution in [3.05, 3.63) is 83.9 Å². The molecule has 0 radical (unpaired) electrons. The molecule has 0 bridgehead atoms. The van der Waals surface area contributed by atoms with E-state index in [-0.39, 0.29) is 6.67 Å². The minimum Gasteiger partial charge on any atom is -0.251 e. The third-order valence-corrected chi connectivity index (χ3v) is 7.35. The Morgan fingerprint density at radius 3 is 1.34 bits per heavy atom. The van der Waals surface area contributed by atoms with Crippen molar-refractivity contribution >= 4 is 0 Å². The van der Waals surface area contributed by atoms with Crippen LogP contribution in [-0.2, 0) is 12.8 Å². The SMILES string of the molecule is CCC[C@H]1CC[C@H](CCc2ccc(-c3ccc(-c4ccc(CCF)cc4)cc3)cc2)CC1. The summed E-state index contributed by atoms with van der Waals surface area (Å²) in [6.45, 7) is 2.02. The van der Waals surface area contributed by atoms with Crippen LogP contribution in [0.1, 0.15) is 63.0 Å². The minimum absolute atomic E-state index is 0.299. The van der Waals surface area contributed by atoms with E-state index < -0.39 is 0 Å². The van der Waals surface area contributed by atoms with E-state index in [4.69, 9.17) is 0 Å². The predicted molar refractivity (Wildman–Crippen MR) is 136 cm³/mol. The number of hydrogen-bond donors (Lipinski definition) is 0. The third kappa shape index (κ3) is 6.09. The average Bonchev–Trinajstić information content (AvgIpc) is 2.85. The Hall–Kier alpha value is -2.41. The smallest absolute Gasteiger partial charge is 0.0934 e. The molecule has 0 heterocycles. The van der Waals surface area contributed by atoms with E-state index >= 15 is 0 Å². The van der Waals surface area contributed by atoms with Crippen LogP contribution >= 0.6 is 0 Å². The molecule has 0 saturated heterocycles. The van der Waals surface area contributed by atoms with Gasteiger partial charge in [-0.05, 0) is 58.1 Å². The topological polar surface area (TPSA) is 0 Å². The third-order valence-electron chi connectivity index (χ3n) is 7.35. The maximum Gasteiger partial charge on any atom is 0.0934 e. The first-order valence-corrected chi connectivity index (χ1v) is 12.6. The van der Waals surface area contributed by atoms with E-state index in [1.807, 2.05) is 12.1 Å². The zero-order chi connectivity index (χ0) is 22.2. The molecule has 1 saturated carbocycles. The zero-order valence-corrected chi connectivity index (χ0v) is 19.5. The van der Waals surface area contributed by atoms with Crippen LogP contribution in [0, 0.1) is 11.8 Å². The largest absolute Gasteiger partial charge is 0.251 e. The second kappa shape index (κ2) is 11.5. The molecule has 4 rings (SSSR count). The highest BCUT2D eigenvalue weighted by Crippen LogP contribution is 2.34. The molecule has 32 heavy (non-hydrogen) atoms. The summed E-state index contributed by atoms with van der Waals surface area (Å²) in [5.74, 6) is 1.93. The van der Waals surface area contributed by atoms with Gasteiger partial charge < -0.3 is 0 Å².